The molecule has 0 aliphatic carbocycles. The molecule has 0 bridgehead atoms. The quantitative estimate of drug-likeness (QED) is 0.384. The van der Waals surface area contributed by atoms with Crippen LogP contribution in [0.25, 0.3) is 27.9 Å². The molecule has 2 N–H and O–H groups in total. The molecule has 0 unspecified atom stereocenters. The summed E-state index contributed by atoms with van der Waals surface area (Å²) in [5, 5.41) is 14.2. The Labute approximate surface area is 211 Å². The van der Waals surface area contributed by atoms with Gasteiger partial charge in [-0.3, -0.25) is 0 Å². The minimum absolute atomic E-state index is 0.0847. The largest absolute Gasteiger partial charge is 0.392 e. The van der Waals surface area contributed by atoms with Gasteiger partial charge in [0.25, 0.3) is 0 Å². The highest BCUT2D eigenvalue weighted by molar-refractivity contribution is 5.89. The van der Waals surface area contributed by atoms with Crippen molar-refractivity contribution in [1.82, 2.24) is 24.6 Å². The Morgan fingerprint density at radius 2 is 2.03 bits per heavy atom. The van der Waals surface area contributed by atoms with E-state index in [4.69, 9.17) is 9.72 Å². The molecule has 4 aromatic heterocycles. The lowest BCUT2D eigenvalue weighted by molar-refractivity contribution is -0.108. The fraction of sp³-hybridized carbons (Fsp3) is 0.536. The Morgan fingerprint density at radius 1 is 1.22 bits per heavy atom. The van der Waals surface area contributed by atoms with E-state index in [0.717, 1.165) is 65.9 Å². The maximum atomic E-state index is 9.92. The van der Waals surface area contributed by atoms with Crippen molar-refractivity contribution in [2.24, 2.45) is 11.3 Å². The van der Waals surface area contributed by atoms with E-state index in [9.17, 15) is 5.11 Å². The lowest BCUT2D eigenvalue weighted by Gasteiger charge is -2.40. The van der Waals surface area contributed by atoms with Gasteiger partial charge in [0, 0.05) is 41.4 Å². The minimum Gasteiger partial charge on any atom is -0.392 e. The molecule has 0 saturated carbocycles. The molecule has 6 rings (SSSR count). The van der Waals surface area contributed by atoms with Crippen LogP contribution in [0.15, 0.2) is 30.7 Å². The van der Waals surface area contributed by atoms with Crippen molar-refractivity contribution in [1.29, 1.82) is 0 Å². The monoisotopic (exact) mass is 488 g/mol. The van der Waals surface area contributed by atoms with Gasteiger partial charge in [0.2, 0.25) is 0 Å². The summed E-state index contributed by atoms with van der Waals surface area (Å²) < 4.78 is 7.17. The van der Waals surface area contributed by atoms with E-state index < -0.39 is 0 Å². The number of H-pyrrole nitrogens is 1. The van der Waals surface area contributed by atoms with Gasteiger partial charge in [-0.05, 0) is 55.7 Å². The molecule has 0 amide bonds. The number of aliphatic hydroxyl groups excluding tert-OH is 1. The van der Waals surface area contributed by atoms with Crippen molar-refractivity contribution < 1.29 is 9.84 Å². The van der Waals surface area contributed by atoms with Gasteiger partial charge in [-0.25, -0.2) is 14.5 Å². The molecule has 8 nitrogen and oxygen atoms in total. The van der Waals surface area contributed by atoms with E-state index in [0.29, 0.717) is 11.1 Å². The summed E-state index contributed by atoms with van der Waals surface area (Å²) in [6.07, 6.45) is 8.54. The summed E-state index contributed by atoms with van der Waals surface area (Å²) >= 11 is 0. The van der Waals surface area contributed by atoms with Crippen LogP contribution >= 0.6 is 0 Å². The third kappa shape index (κ3) is 4.16. The molecule has 2 saturated heterocycles. The van der Waals surface area contributed by atoms with E-state index >= 15 is 0 Å². The highest BCUT2D eigenvalue weighted by Crippen LogP contribution is 2.38. The fourth-order valence-electron chi connectivity index (χ4n) is 5.89. The first-order valence-electron chi connectivity index (χ1n) is 13.2. The number of nitrogens with zero attached hydrogens (tertiary/aromatic N) is 5. The summed E-state index contributed by atoms with van der Waals surface area (Å²) in [7, 11) is 0. The summed E-state index contributed by atoms with van der Waals surface area (Å²) in [6.45, 7) is 10.7. The summed E-state index contributed by atoms with van der Waals surface area (Å²) in [5.41, 5.74) is 7.13. The predicted octanol–water partition coefficient (Wildman–Crippen LogP) is 4.92. The maximum absolute atomic E-state index is 9.92. The standard InChI is InChI=1S/C28H36N6O2/c1-18(2)24-25(20-12-21(14-35)27-29-17-30-34(27)13-20)31-22-4-5-23(32-26(22)24)33-10-7-19(8-11-33)6-9-28(3)15-36-16-28/h4-5,12-13,17-19,31,35H,6-11,14-16H2,1-3H3. The number of pyridine rings is 2. The van der Waals surface area contributed by atoms with E-state index in [1.165, 1.54) is 37.6 Å². The number of aliphatic hydroxyl groups is 1. The van der Waals surface area contributed by atoms with Gasteiger partial charge in [-0.1, -0.05) is 20.8 Å². The van der Waals surface area contributed by atoms with Crippen molar-refractivity contribution in [3.8, 4) is 11.3 Å². The molecule has 2 aliphatic heterocycles. The smallest absolute Gasteiger partial charge is 0.160 e. The molecule has 0 aromatic carbocycles. The average molecular weight is 489 g/mol. The Balaban J connectivity index is 1.27. The number of hydrogen-bond acceptors (Lipinski definition) is 6. The molecular weight excluding hydrogens is 452 g/mol. The Hall–Kier alpha value is -2.97. The first kappa shape index (κ1) is 23.4. The summed E-state index contributed by atoms with van der Waals surface area (Å²) in [4.78, 5) is 15.5. The van der Waals surface area contributed by atoms with Crippen LogP contribution in [0.5, 0.6) is 0 Å². The first-order chi connectivity index (χ1) is 17.4. The van der Waals surface area contributed by atoms with Crippen molar-refractivity contribution in [2.45, 2.75) is 59.0 Å². The van der Waals surface area contributed by atoms with E-state index in [1.54, 1.807) is 4.52 Å². The normalized spacial score (nSPS) is 18.4. The van der Waals surface area contributed by atoms with E-state index in [1.807, 2.05) is 12.3 Å². The Kier molecular flexibility index (Phi) is 5.96. The van der Waals surface area contributed by atoms with Crippen molar-refractivity contribution >= 4 is 22.5 Å². The van der Waals surface area contributed by atoms with Gasteiger partial charge in [-0.15, -0.1) is 0 Å². The molecule has 6 heterocycles. The maximum Gasteiger partial charge on any atom is 0.160 e. The molecule has 0 atom stereocenters. The number of nitrogens with one attached hydrogen (secondary N) is 1. The number of piperidine rings is 1. The second-order valence-corrected chi connectivity index (χ2v) is 11.3. The second-order valence-electron chi connectivity index (χ2n) is 11.3. The number of rotatable bonds is 7. The van der Waals surface area contributed by atoms with E-state index in [-0.39, 0.29) is 12.5 Å². The lowest BCUT2D eigenvalue weighted by atomic mass is 9.79. The first-order valence-corrected chi connectivity index (χ1v) is 13.2. The molecule has 2 fully saturated rings. The van der Waals surface area contributed by atoms with Crippen LogP contribution in [0.4, 0.5) is 5.82 Å². The van der Waals surface area contributed by atoms with Crippen LogP contribution in [0.2, 0.25) is 0 Å². The predicted molar refractivity (Wildman–Crippen MR) is 141 cm³/mol. The van der Waals surface area contributed by atoms with Crippen molar-refractivity contribution in [3.63, 3.8) is 0 Å². The molecular formula is C28H36N6O2. The second kappa shape index (κ2) is 9.16. The van der Waals surface area contributed by atoms with Crippen LogP contribution in [0.3, 0.4) is 0 Å². The number of aromatic nitrogens is 5. The Morgan fingerprint density at radius 3 is 2.72 bits per heavy atom. The van der Waals surface area contributed by atoms with Gasteiger partial charge in [-0.2, -0.15) is 5.10 Å². The zero-order chi connectivity index (χ0) is 24.9. The topological polar surface area (TPSA) is 91.6 Å². The SMILES string of the molecule is CC(C)c1c(-c2cc(CO)c3ncnn3c2)[nH]c2ccc(N3CCC(CCC4(C)COC4)CC3)nc12. The van der Waals surface area contributed by atoms with Crippen LogP contribution in [0, 0.1) is 11.3 Å². The van der Waals surface area contributed by atoms with Crippen LogP contribution in [0.1, 0.15) is 63.5 Å². The lowest BCUT2D eigenvalue weighted by Crippen LogP contribution is -2.40. The number of hydrogen-bond donors (Lipinski definition) is 2. The molecule has 4 aromatic rings. The van der Waals surface area contributed by atoms with Crippen molar-refractivity contribution in [2.75, 3.05) is 31.2 Å². The van der Waals surface area contributed by atoms with Gasteiger partial charge >= 0.3 is 0 Å². The molecule has 36 heavy (non-hydrogen) atoms. The minimum atomic E-state index is -0.0847. The summed E-state index contributed by atoms with van der Waals surface area (Å²) in [6, 6.07) is 6.32. The number of fused-ring (bicyclic) bond motifs is 2. The molecule has 8 heteroatoms. The fourth-order valence-corrected chi connectivity index (χ4v) is 5.89. The highest BCUT2D eigenvalue weighted by atomic mass is 16.5. The van der Waals surface area contributed by atoms with Crippen LogP contribution < -0.4 is 4.90 Å². The molecule has 190 valence electrons. The zero-order valence-corrected chi connectivity index (χ0v) is 21.5. The number of ether oxygens (including phenoxy) is 1. The average Bonchev–Trinajstić information content (AvgIpc) is 3.50. The van der Waals surface area contributed by atoms with Crippen LogP contribution in [-0.2, 0) is 11.3 Å². The Bertz CT molecular complexity index is 1380. The number of anilines is 1. The number of aromatic amines is 1. The zero-order valence-electron chi connectivity index (χ0n) is 21.5. The van der Waals surface area contributed by atoms with Gasteiger partial charge in [0.1, 0.15) is 12.1 Å². The molecule has 0 spiro atoms. The van der Waals surface area contributed by atoms with Gasteiger partial charge in [0.05, 0.1) is 36.5 Å². The van der Waals surface area contributed by atoms with Gasteiger partial charge < -0.3 is 19.7 Å². The molecule has 0 radical (unpaired) electrons. The van der Waals surface area contributed by atoms with Crippen molar-refractivity contribution in [3.05, 3.63) is 41.9 Å². The van der Waals surface area contributed by atoms with Crippen LogP contribution in [-0.4, -0.2) is 56.0 Å². The third-order valence-corrected chi connectivity index (χ3v) is 8.15. The highest BCUT2D eigenvalue weighted by Gasteiger charge is 2.34. The summed E-state index contributed by atoms with van der Waals surface area (Å²) in [5.74, 6) is 2.15. The third-order valence-electron chi connectivity index (χ3n) is 8.15. The van der Waals surface area contributed by atoms with Gasteiger partial charge in [0.15, 0.2) is 5.65 Å². The van der Waals surface area contributed by atoms with E-state index in [2.05, 4.69) is 52.9 Å². The molecule has 2 aliphatic rings.